The van der Waals surface area contributed by atoms with Crippen LogP contribution in [0.25, 0.3) is 0 Å². The van der Waals surface area contributed by atoms with Gasteiger partial charge in [-0.3, -0.25) is 4.79 Å². The van der Waals surface area contributed by atoms with E-state index in [2.05, 4.69) is 24.4 Å². The van der Waals surface area contributed by atoms with Crippen molar-refractivity contribution < 1.29 is 4.79 Å². The van der Waals surface area contributed by atoms with E-state index in [4.69, 9.17) is 0 Å². The zero-order valence-corrected chi connectivity index (χ0v) is 17.1. The molecule has 0 aliphatic heterocycles. The molecule has 0 saturated heterocycles. The normalized spacial score (nSPS) is 11.1. The molecule has 30 heavy (non-hydrogen) atoms. The van der Waals surface area contributed by atoms with Gasteiger partial charge in [0, 0.05) is 6.54 Å². The zero-order valence-electron chi connectivity index (χ0n) is 17.1. The van der Waals surface area contributed by atoms with Gasteiger partial charge in [-0.25, -0.2) is 0 Å². The largest absolute Gasteiger partial charge is 0.351 e. The van der Waals surface area contributed by atoms with E-state index in [0.717, 1.165) is 22.3 Å². The Balaban J connectivity index is 1.86. The number of aryl methyl sites for hydroxylation is 1. The van der Waals surface area contributed by atoms with Crippen LogP contribution >= 0.6 is 0 Å². The SMILES string of the molecule is Cc1ccccc1CNC(=O)C(c1ccccc1)(c1ccccc1)c1ccccc1. The van der Waals surface area contributed by atoms with Crippen LogP contribution < -0.4 is 5.32 Å². The Bertz CT molecular complexity index is 1010. The first-order chi connectivity index (χ1) is 14.7. The maximum Gasteiger partial charge on any atom is 0.239 e. The number of amides is 1. The molecular weight excluding hydrogens is 366 g/mol. The molecule has 4 aromatic carbocycles. The number of rotatable bonds is 6. The molecule has 1 amide bonds. The molecule has 1 N–H and O–H groups in total. The molecule has 4 rings (SSSR count). The molecule has 0 aliphatic carbocycles. The fourth-order valence-electron chi connectivity index (χ4n) is 4.07. The monoisotopic (exact) mass is 391 g/mol. The summed E-state index contributed by atoms with van der Waals surface area (Å²) in [5, 5.41) is 3.24. The Morgan fingerprint density at radius 3 is 1.47 bits per heavy atom. The van der Waals surface area contributed by atoms with Gasteiger partial charge in [-0.15, -0.1) is 0 Å². The van der Waals surface area contributed by atoms with Gasteiger partial charge in [0.05, 0.1) is 0 Å². The van der Waals surface area contributed by atoms with Crippen LogP contribution in [-0.2, 0) is 16.8 Å². The van der Waals surface area contributed by atoms with E-state index in [9.17, 15) is 4.79 Å². The lowest BCUT2D eigenvalue weighted by Crippen LogP contribution is -2.46. The van der Waals surface area contributed by atoms with E-state index >= 15 is 0 Å². The van der Waals surface area contributed by atoms with Crippen molar-refractivity contribution in [2.24, 2.45) is 0 Å². The van der Waals surface area contributed by atoms with Crippen LogP contribution in [0.15, 0.2) is 115 Å². The number of carbonyl (C=O) groups is 1. The van der Waals surface area contributed by atoms with E-state index in [1.165, 1.54) is 5.56 Å². The molecule has 4 aromatic rings. The summed E-state index contributed by atoms with van der Waals surface area (Å²) in [5.41, 5.74) is 4.20. The Morgan fingerprint density at radius 2 is 1.03 bits per heavy atom. The van der Waals surface area contributed by atoms with Gasteiger partial charge in [0.2, 0.25) is 5.91 Å². The van der Waals surface area contributed by atoms with Crippen LogP contribution in [0.4, 0.5) is 0 Å². The summed E-state index contributed by atoms with van der Waals surface area (Å²) in [4.78, 5) is 14.0. The molecule has 148 valence electrons. The Labute approximate surface area is 178 Å². The minimum absolute atomic E-state index is 0.0330. The molecule has 2 nitrogen and oxygen atoms in total. The minimum Gasteiger partial charge on any atom is -0.351 e. The summed E-state index contributed by atoms with van der Waals surface area (Å²) in [6, 6.07) is 38.3. The second-order valence-electron chi connectivity index (χ2n) is 7.46. The van der Waals surface area contributed by atoms with Gasteiger partial charge in [-0.05, 0) is 34.7 Å². The average Bonchev–Trinajstić information content (AvgIpc) is 2.81. The predicted octanol–water partition coefficient (Wildman–Crippen LogP) is 5.65. The zero-order chi connectivity index (χ0) is 20.8. The summed E-state index contributed by atoms with van der Waals surface area (Å²) < 4.78 is 0. The second-order valence-corrected chi connectivity index (χ2v) is 7.46. The molecule has 0 fully saturated rings. The van der Waals surface area contributed by atoms with Gasteiger partial charge in [0.25, 0.3) is 0 Å². The first-order valence-electron chi connectivity index (χ1n) is 10.2. The average molecular weight is 392 g/mol. The summed E-state index contributed by atoms with van der Waals surface area (Å²) in [7, 11) is 0. The molecule has 2 heteroatoms. The quantitative estimate of drug-likeness (QED) is 0.423. The lowest BCUT2D eigenvalue weighted by atomic mass is 9.68. The van der Waals surface area contributed by atoms with E-state index in [1.807, 2.05) is 103 Å². The molecular formula is C28H25NO. The number of carbonyl (C=O) groups excluding carboxylic acids is 1. The highest BCUT2D eigenvalue weighted by Gasteiger charge is 2.43. The van der Waals surface area contributed by atoms with Crippen molar-refractivity contribution in [2.75, 3.05) is 0 Å². The van der Waals surface area contributed by atoms with Crippen molar-refractivity contribution in [1.82, 2.24) is 5.32 Å². The summed E-state index contributed by atoms with van der Waals surface area (Å²) >= 11 is 0. The van der Waals surface area contributed by atoms with Gasteiger partial charge in [0.1, 0.15) is 5.41 Å². The van der Waals surface area contributed by atoms with E-state index in [-0.39, 0.29) is 5.91 Å². The maximum atomic E-state index is 14.0. The lowest BCUT2D eigenvalue weighted by Gasteiger charge is -2.34. The topological polar surface area (TPSA) is 29.1 Å². The van der Waals surface area contributed by atoms with Crippen LogP contribution in [0.2, 0.25) is 0 Å². The number of hydrogen-bond acceptors (Lipinski definition) is 1. The van der Waals surface area contributed by atoms with Crippen LogP contribution in [0.3, 0.4) is 0 Å². The first kappa shape index (κ1) is 19.7. The highest BCUT2D eigenvalue weighted by Crippen LogP contribution is 2.39. The van der Waals surface area contributed by atoms with Gasteiger partial charge in [0.15, 0.2) is 0 Å². The van der Waals surface area contributed by atoms with Gasteiger partial charge < -0.3 is 5.32 Å². The summed E-state index contributed by atoms with van der Waals surface area (Å²) in [6.07, 6.45) is 0. The first-order valence-corrected chi connectivity index (χ1v) is 10.2. The molecule has 0 heterocycles. The minimum atomic E-state index is -0.938. The highest BCUT2D eigenvalue weighted by atomic mass is 16.2. The smallest absolute Gasteiger partial charge is 0.239 e. The third kappa shape index (κ3) is 3.65. The lowest BCUT2D eigenvalue weighted by molar-refractivity contribution is -0.124. The third-order valence-electron chi connectivity index (χ3n) is 5.66. The van der Waals surface area contributed by atoms with Crippen LogP contribution in [-0.4, -0.2) is 5.91 Å². The van der Waals surface area contributed by atoms with Gasteiger partial charge in [-0.2, -0.15) is 0 Å². The van der Waals surface area contributed by atoms with Gasteiger partial charge in [-0.1, -0.05) is 115 Å². The molecule has 0 saturated carbocycles. The van der Waals surface area contributed by atoms with Crippen molar-refractivity contribution in [3.8, 4) is 0 Å². The fourth-order valence-corrected chi connectivity index (χ4v) is 4.07. The summed E-state index contributed by atoms with van der Waals surface area (Å²) in [5.74, 6) is -0.0330. The van der Waals surface area contributed by atoms with Crippen molar-refractivity contribution in [3.05, 3.63) is 143 Å². The van der Waals surface area contributed by atoms with Crippen LogP contribution in [0.5, 0.6) is 0 Å². The summed E-state index contributed by atoms with van der Waals surface area (Å²) in [6.45, 7) is 2.56. The standard InChI is InChI=1S/C28H25NO/c1-22-13-11-12-14-23(22)21-29-27(30)28(24-15-5-2-6-16-24,25-17-7-3-8-18-25)26-19-9-4-10-20-26/h2-20H,21H2,1H3,(H,29,30). The number of hydrogen-bond donors (Lipinski definition) is 1. The molecule has 0 aliphatic rings. The van der Waals surface area contributed by atoms with Crippen molar-refractivity contribution in [3.63, 3.8) is 0 Å². The molecule has 0 atom stereocenters. The molecule has 0 bridgehead atoms. The van der Waals surface area contributed by atoms with Gasteiger partial charge >= 0.3 is 0 Å². The number of nitrogens with one attached hydrogen (secondary N) is 1. The van der Waals surface area contributed by atoms with Crippen molar-refractivity contribution >= 4 is 5.91 Å². The van der Waals surface area contributed by atoms with E-state index < -0.39 is 5.41 Å². The third-order valence-corrected chi connectivity index (χ3v) is 5.66. The molecule has 0 aromatic heterocycles. The molecule has 0 radical (unpaired) electrons. The molecule has 0 unspecified atom stereocenters. The fraction of sp³-hybridized carbons (Fsp3) is 0.107. The Morgan fingerprint density at radius 1 is 0.633 bits per heavy atom. The Kier molecular flexibility index (Phi) is 5.76. The highest BCUT2D eigenvalue weighted by molar-refractivity contribution is 5.96. The Hall–Kier alpha value is -3.65. The van der Waals surface area contributed by atoms with Crippen LogP contribution in [0, 0.1) is 6.92 Å². The van der Waals surface area contributed by atoms with E-state index in [0.29, 0.717) is 6.54 Å². The predicted molar refractivity (Wildman–Crippen MR) is 122 cm³/mol. The van der Waals surface area contributed by atoms with E-state index in [1.54, 1.807) is 0 Å². The molecule has 0 spiro atoms. The van der Waals surface area contributed by atoms with Crippen molar-refractivity contribution in [2.45, 2.75) is 18.9 Å². The van der Waals surface area contributed by atoms with Crippen molar-refractivity contribution in [1.29, 1.82) is 0 Å². The van der Waals surface area contributed by atoms with Crippen LogP contribution in [0.1, 0.15) is 27.8 Å². The second kappa shape index (κ2) is 8.79. The maximum absolute atomic E-state index is 14.0. The number of benzene rings is 4.